The number of anilines is 1. The maximum Gasteiger partial charge on any atom is 0.339 e. The van der Waals surface area contributed by atoms with Crippen LogP contribution in [-0.2, 0) is 17.7 Å². The Kier molecular flexibility index (Phi) is 8.44. The predicted octanol–water partition coefficient (Wildman–Crippen LogP) is 7.89. The summed E-state index contributed by atoms with van der Waals surface area (Å²) in [5.74, 6) is -0.953. The molecule has 0 saturated heterocycles. The molecule has 216 valence electrons. The standard InChI is InChI=1S/C36H37FN2O3/c1-24(25-12-6-5-7-13-25)38-34(40)27-19-20-32-26(22-27)15-11-21-39(32)23-28-14-10-18-30(33(28)37)29-16-8-9-17-31(29)35(41)42-36(2,3)4/h5-10,12-14,16-20,22,24H,11,15,21,23H2,1-4H3,(H,38,40)/t24-/m0/s1. The molecule has 5 nitrogen and oxygen atoms in total. The quantitative estimate of drug-likeness (QED) is 0.232. The number of hydrogen-bond donors (Lipinski definition) is 1. The van der Waals surface area contributed by atoms with E-state index in [2.05, 4.69) is 10.2 Å². The number of carbonyl (C=O) groups is 2. The van der Waals surface area contributed by atoms with Crippen molar-refractivity contribution in [3.05, 3.63) is 125 Å². The van der Waals surface area contributed by atoms with E-state index in [9.17, 15) is 9.59 Å². The third kappa shape index (κ3) is 6.54. The fourth-order valence-corrected chi connectivity index (χ4v) is 5.43. The lowest BCUT2D eigenvalue weighted by Crippen LogP contribution is -2.30. The number of nitrogens with one attached hydrogen (secondary N) is 1. The van der Waals surface area contributed by atoms with Gasteiger partial charge in [-0.05, 0) is 81.5 Å². The fourth-order valence-electron chi connectivity index (χ4n) is 5.43. The van der Waals surface area contributed by atoms with Gasteiger partial charge in [-0.15, -0.1) is 0 Å². The summed E-state index contributed by atoms with van der Waals surface area (Å²) in [4.78, 5) is 28.1. The van der Waals surface area contributed by atoms with E-state index < -0.39 is 11.6 Å². The minimum absolute atomic E-state index is 0.109. The summed E-state index contributed by atoms with van der Waals surface area (Å²) in [6.07, 6.45) is 1.76. The SMILES string of the molecule is C[C@H](NC(=O)c1ccc2c(c1)CCCN2Cc1cccc(-c2ccccc2C(=O)OC(C)(C)C)c1F)c1ccccc1. The van der Waals surface area contributed by atoms with Gasteiger partial charge >= 0.3 is 5.97 Å². The number of ether oxygens (including phenoxy) is 1. The van der Waals surface area contributed by atoms with Crippen LogP contribution in [0.1, 0.15) is 77.6 Å². The second-order valence-corrected chi connectivity index (χ2v) is 11.8. The minimum atomic E-state index is -0.660. The van der Waals surface area contributed by atoms with Gasteiger partial charge in [-0.1, -0.05) is 66.7 Å². The highest BCUT2D eigenvalue weighted by Gasteiger charge is 2.24. The van der Waals surface area contributed by atoms with Crippen molar-refractivity contribution in [1.29, 1.82) is 0 Å². The van der Waals surface area contributed by atoms with E-state index in [1.54, 1.807) is 36.4 Å². The van der Waals surface area contributed by atoms with Gasteiger partial charge in [0.2, 0.25) is 0 Å². The molecule has 1 aliphatic rings. The molecule has 0 aromatic heterocycles. The summed E-state index contributed by atoms with van der Waals surface area (Å²) in [6.45, 7) is 8.56. The van der Waals surface area contributed by atoms with Gasteiger partial charge in [0.05, 0.1) is 11.6 Å². The van der Waals surface area contributed by atoms with Crippen LogP contribution in [0.3, 0.4) is 0 Å². The number of halogens is 1. The molecule has 0 saturated carbocycles. The minimum Gasteiger partial charge on any atom is -0.456 e. The maximum absolute atomic E-state index is 16.1. The highest BCUT2D eigenvalue weighted by Crippen LogP contribution is 2.33. The van der Waals surface area contributed by atoms with Crippen molar-refractivity contribution in [2.45, 2.75) is 58.7 Å². The molecule has 0 bridgehead atoms. The Hall–Kier alpha value is -4.45. The summed E-state index contributed by atoms with van der Waals surface area (Å²) in [7, 11) is 0. The number of esters is 1. The summed E-state index contributed by atoms with van der Waals surface area (Å²) in [6, 6.07) is 27.8. The highest BCUT2D eigenvalue weighted by molar-refractivity contribution is 5.97. The molecule has 0 radical (unpaired) electrons. The van der Waals surface area contributed by atoms with Crippen LogP contribution >= 0.6 is 0 Å². The number of rotatable bonds is 7. The van der Waals surface area contributed by atoms with Crippen LogP contribution < -0.4 is 10.2 Å². The van der Waals surface area contributed by atoms with Gasteiger partial charge in [0.25, 0.3) is 5.91 Å². The van der Waals surface area contributed by atoms with Crippen molar-refractivity contribution >= 4 is 17.6 Å². The third-order valence-electron chi connectivity index (χ3n) is 7.48. The van der Waals surface area contributed by atoms with E-state index in [1.807, 2.05) is 82.3 Å². The molecule has 42 heavy (non-hydrogen) atoms. The van der Waals surface area contributed by atoms with Crippen molar-refractivity contribution in [3.63, 3.8) is 0 Å². The van der Waals surface area contributed by atoms with Gasteiger partial charge in [0.15, 0.2) is 0 Å². The summed E-state index contributed by atoms with van der Waals surface area (Å²) in [5.41, 5.74) is 4.83. The molecule has 1 N–H and O–H groups in total. The number of aryl methyl sites for hydroxylation is 1. The van der Waals surface area contributed by atoms with Crippen LogP contribution in [0.25, 0.3) is 11.1 Å². The van der Waals surface area contributed by atoms with E-state index in [-0.39, 0.29) is 17.8 Å². The Labute approximate surface area is 247 Å². The zero-order chi connectivity index (χ0) is 29.9. The van der Waals surface area contributed by atoms with Gasteiger partial charge in [-0.2, -0.15) is 0 Å². The molecule has 1 atom stereocenters. The van der Waals surface area contributed by atoms with Gasteiger partial charge < -0.3 is 15.0 Å². The van der Waals surface area contributed by atoms with Crippen molar-refractivity contribution in [2.24, 2.45) is 0 Å². The van der Waals surface area contributed by atoms with Crippen molar-refractivity contribution in [3.8, 4) is 11.1 Å². The zero-order valence-corrected chi connectivity index (χ0v) is 24.6. The fraction of sp³-hybridized carbons (Fsp3) is 0.278. The number of fused-ring (bicyclic) bond motifs is 1. The lowest BCUT2D eigenvalue weighted by molar-refractivity contribution is 0.00703. The molecule has 5 rings (SSSR count). The van der Waals surface area contributed by atoms with Gasteiger partial charge in [0.1, 0.15) is 11.4 Å². The lowest BCUT2D eigenvalue weighted by Gasteiger charge is -2.32. The number of benzene rings is 4. The molecule has 0 aliphatic carbocycles. The summed E-state index contributed by atoms with van der Waals surface area (Å²) < 4.78 is 21.7. The molecule has 1 amide bonds. The third-order valence-corrected chi connectivity index (χ3v) is 7.48. The first-order valence-electron chi connectivity index (χ1n) is 14.4. The van der Waals surface area contributed by atoms with E-state index in [4.69, 9.17) is 4.74 Å². The van der Waals surface area contributed by atoms with Crippen LogP contribution in [0, 0.1) is 5.82 Å². The molecule has 0 fully saturated rings. The number of hydrogen-bond acceptors (Lipinski definition) is 4. The Bertz CT molecular complexity index is 1590. The second-order valence-electron chi connectivity index (χ2n) is 11.8. The van der Waals surface area contributed by atoms with Gasteiger partial charge in [0, 0.05) is 35.5 Å². The first-order chi connectivity index (χ1) is 20.1. The van der Waals surface area contributed by atoms with Crippen molar-refractivity contribution < 1.29 is 18.7 Å². The smallest absolute Gasteiger partial charge is 0.339 e. The van der Waals surface area contributed by atoms with Crippen LogP contribution in [0.5, 0.6) is 0 Å². The summed E-state index contributed by atoms with van der Waals surface area (Å²) in [5, 5.41) is 3.09. The molecule has 6 heteroatoms. The molecule has 4 aromatic carbocycles. The molecule has 1 heterocycles. The number of carbonyl (C=O) groups excluding carboxylic acids is 2. The molecular formula is C36H37FN2O3. The van der Waals surface area contributed by atoms with Crippen LogP contribution in [-0.4, -0.2) is 24.0 Å². The van der Waals surface area contributed by atoms with Crippen LogP contribution in [0.2, 0.25) is 0 Å². The lowest BCUT2D eigenvalue weighted by atomic mass is 9.95. The molecular weight excluding hydrogens is 527 g/mol. The van der Waals surface area contributed by atoms with E-state index >= 15 is 4.39 Å². The molecule has 0 spiro atoms. The van der Waals surface area contributed by atoms with Gasteiger partial charge in [-0.25, -0.2) is 9.18 Å². The topological polar surface area (TPSA) is 58.6 Å². The first kappa shape index (κ1) is 29.1. The number of amides is 1. The Balaban J connectivity index is 1.37. The van der Waals surface area contributed by atoms with Crippen molar-refractivity contribution in [1.82, 2.24) is 5.32 Å². The average Bonchev–Trinajstić information content (AvgIpc) is 2.97. The first-order valence-corrected chi connectivity index (χ1v) is 14.4. The average molecular weight is 565 g/mol. The van der Waals surface area contributed by atoms with Crippen molar-refractivity contribution in [2.75, 3.05) is 11.4 Å². The summed E-state index contributed by atoms with van der Waals surface area (Å²) >= 11 is 0. The normalized spacial score (nSPS) is 13.7. The Morgan fingerprint density at radius 2 is 1.64 bits per heavy atom. The molecule has 4 aromatic rings. The molecule has 1 aliphatic heterocycles. The second kappa shape index (κ2) is 12.2. The molecule has 0 unspecified atom stereocenters. The zero-order valence-electron chi connectivity index (χ0n) is 24.6. The monoisotopic (exact) mass is 564 g/mol. The number of nitrogens with zero attached hydrogens (tertiary/aromatic N) is 1. The Morgan fingerprint density at radius 3 is 2.40 bits per heavy atom. The van der Waals surface area contributed by atoms with Crippen LogP contribution in [0.4, 0.5) is 10.1 Å². The van der Waals surface area contributed by atoms with Gasteiger partial charge in [-0.3, -0.25) is 4.79 Å². The van der Waals surface area contributed by atoms with Crippen LogP contribution in [0.15, 0.2) is 91.0 Å². The van der Waals surface area contributed by atoms with E-state index in [0.29, 0.717) is 34.4 Å². The Morgan fingerprint density at radius 1 is 0.929 bits per heavy atom. The largest absolute Gasteiger partial charge is 0.456 e. The van der Waals surface area contributed by atoms with E-state index in [1.165, 1.54) is 0 Å². The highest BCUT2D eigenvalue weighted by atomic mass is 19.1. The predicted molar refractivity (Wildman–Crippen MR) is 165 cm³/mol. The van der Waals surface area contributed by atoms with E-state index in [0.717, 1.165) is 36.2 Å². The maximum atomic E-state index is 16.1.